The predicted molar refractivity (Wildman–Crippen MR) is 89.1 cm³/mol. The van der Waals surface area contributed by atoms with Crippen LogP contribution < -0.4 is 9.47 Å². The van der Waals surface area contributed by atoms with Gasteiger partial charge in [0.1, 0.15) is 0 Å². The molecule has 0 N–H and O–H groups in total. The third kappa shape index (κ3) is 3.72. The second-order valence-electron chi connectivity index (χ2n) is 5.28. The van der Waals surface area contributed by atoms with Crippen molar-refractivity contribution in [2.75, 3.05) is 13.3 Å². The Morgan fingerprint density at radius 3 is 2.70 bits per heavy atom. The topological polar surface area (TPSA) is 38.8 Å². The van der Waals surface area contributed by atoms with Crippen LogP contribution in [0.3, 0.4) is 0 Å². The summed E-state index contributed by atoms with van der Waals surface area (Å²) >= 11 is 0. The Morgan fingerprint density at radius 1 is 1.13 bits per heavy atom. The van der Waals surface area contributed by atoms with Gasteiger partial charge in [0.15, 0.2) is 11.5 Å². The maximum atomic E-state index is 12.4. The molecule has 23 heavy (non-hydrogen) atoms. The zero-order valence-electron chi connectivity index (χ0n) is 13.1. The highest BCUT2D eigenvalue weighted by Gasteiger charge is 2.15. The molecule has 0 unspecified atom stereocenters. The summed E-state index contributed by atoms with van der Waals surface area (Å²) in [7, 11) is 0. The normalized spacial score (nSPS) is 12.6. The van der Waals surface area contributed by atoms with E-state index in [-0.39, 0.29) is 12.7 Å². The molecule has 0 aliphatic carbocycles. The molecule has 2 aromatic carbocycles. The minimum atomic E-state index is -0.00554. The lowest BCUT2D eigenvalue weighted by atomic mass is 10.1. The number of hydrogen-bond acceptors (Lipinski definition) is 3. The molecule has 1 amide bonds. The van der Waals surface area contributed by atoms with Gasteiger partial charge in [-0.3, -0.25) is 4.79 Å². The summed E-state index contributed by atoms with van der Waals surface area (Å²) in [5.41, 5.74) is 2.04. The molecular formula is C19H19NO3. The summed E-state index contributed by atoms with van der Waals surface area (Å²) in [6, 6.07) is 15.6. The summed E-state index contributed by atoms with van der Waals surface area (Å²) in [6.45, 7) is 3.42. The van der Waals surface area contributed by atoms with Gasteiger partial charge in [-0.2, -0.15) is 0 Å². The first-order chi connectivity index (χ1) is 11.3. The summed E-state index contributed by atoms with van der Waals surface area (Å²) in [6.07, 6.45) is 3.45. The van der Waals surface area contributed by atoms with Gasteiger partial charge in [-0.15, -0.1) is 0 Å². The van der Waals surface area contributed by atoms with E-state index in [1.165, 1.54) is 0 Å². The molecule has 0 saturated carbocycles. The van der Waals surface area contributed by atoms with E-state index in [2.05, 4.69) is 0 Å². The summed E-state index contributed by atoms with van der Waals surface area (Å²) < 4.78 is 10.7. The smallest absolute Gasteiger partial charge is 0.246 e. The first kappa shape index (κ1) is 15.2. The second kappa shape index (κ2) is 7.01. The van der Waals surface area contributed by atoms with E-state index >= 15 is 0 Å². The van der Waals surface area contributed by atoms with Crippen LogP contribution >= 0.6 is 0 Å². The Labute approximate surface area is 135 Å². The van der Waals surface area contributed by atoms with Gasteiger partial charge >= 0.3 is 0 Å². The number of likely N-dealkylation sites (N-methyl/N-ethyl adjacent to an activating group) is 1. The van der Waals surface area contributed by atoms with Crippen molar-refractivity contribution >= 4 is 12.0 Å². The van der Waals surface area contributed by atoms with Crippen molar-refractivity contribution in [1.82, 2.24) is 4.90 Å². The fraction of sp³-hybridized carbons (Fsp3) is 0.211. The van der Waals surface area contributed by atoms with Gasteiger partial charge in [0.05, 0.1) is 0 Å². The molecule has 4 nitrogen and oxygen atoms in total. The highest BCUT2D eigenvalue weighted by Crippen LogP contribution is 2.32. The summed E-state index contributed by atoms with van der Waals surface area (Å²) in [5, 5.41) is 0. The van der Waals surface area contributed by atoms with Crippen molar-refractivity contribution in [3.63, 3.8) is 0 Å². The Hall–Kier alpha value is -2.75. The molecule has 0 bridgehead atoms. The number of benzene rings is 2. The number of carbonyl (C=O) groups is 1. The number of nitrogens with zero attached hydrogens (tertiary/aromatic N) is 1. The molecule has 0 fully saturated rings. The summed E-state index contributed by atoms with van der Waals surface area (Å²) in [5.74, 6) is 1.49. The van der Waals surface area contributed by atoms with Crippen LogP contribution in [0.2, 0.25) is 0 Å². The van der Waals surface area contributed by atoms with E-state index in [9.17, 15) is 4.79 Å². The first-order valence-electron chi connectivity index (χ1n) is 7.67. The molecule has 1 aliphatic heterocycles. The minimum Gasteiger partial charge on any atom is -0.454 e. The van der Waals surface area contributed by atoms with E-state index in [1.807, 2.05) is 61.5 Å². The Bertz CT molecular complexity index is 710. The lowest BCUT2D eigenvalue weighted by Crippen LogP contribution is -2.28. The fourth-order valence-electron chi connectivity index (χ4n) is 2.44. The fourth-order valence-corrected chi connectivity index (χ4v) is 2.44. The van der Waals surface area contributed by atoms with E-state index in [0.717, 1.165) is 22.6 Å². The third-order valence-electron chi connectivity index (χ3n) is 3.72. The number of carbonyl (C=O) groups excluding carboxylic acids is 1. The number of amides is 1. The number of hydrogen-bond donors (Lipinski definition) is 0. The molecule has 0 atom stereocenters. The second-order valence-corrected chi connectivity index (χ2v) is 5.28. The van der Waals surface area contributed by atoms with Crippen LogP contribution in [-0.2, 0) is 11.3 Å². The standard InChI is InChI=1S/C19H19NO3/c1-2-20(19(21)11-9-15-6-4-3-5-7-15)13-16-8-10-17-18(12-16)23-14-22-17/h3-12H,2,13-14H2,1H3. The minimum absolute atomic E-state index is 0.00554. The zero-order chi connectivity index (χ0) is 16.1. The zero-order valence-corrected chi connectivity index (χ0v) is 13.1. The molecule has 0 saturated heterocycles. The molecule has 3 rings (SSSR count). The largest absolute Gasteiger partial charge is 0.454 e. The van der Waals surface area contributed by atoms with Crippen molar-refractivity contribution in [1.29, 1.82) is 0 Å². The quantitative estimate of drug-likeness (QED) is 0.794. The lowest BCUT2D eigenvalue weighted by molar-refractivity contribution is -0.126. The van der Waals surface area contributed by atoms with Crippen molar-refractivity contribution in [3.05, 3.63) is 65.7 Å². The number of fused-ring (bicyclic) bond motifs is 1. The number of rotatable bonds is 5. The van der Waals surface area contributed by atoms with Gasteiger partial charge in [-0.05, 0) is 36.3 Å². The average Bonchev–Trinajstić information content (AvgIpc) is 3.06. The Kier molecular flexibility index (Phi) is 4.62. The molecule has 4 heteroatoms. The van der Waals surface area contributed by atoms with E-state index in [1.54, 1.807) is 11.0 Å². The van der Waals surface area contributed by atoms with Crippen LogP contribution in [0.25, 0.3) is 6.08 Å². The van der Waals surface area contributed by atoms with Crippen molar-refractivity contribution in [3.8, 4) is 11.5 Å². The molecule has 1 heterocycles. The van der Waals surface area contributed by atoms with E-state index < -0.39 is 0 Å². The average molecular weight is 309 g/mol. The maximum absolute atomic E-state index is 12.4. The molecule has 0 spiro atoms. The van der Waals surface area contributed by atoms with Crippen molar-refractivity contribution < 1.29 is 14.3 Å². The SMILES string of the molecule is CCN(Cc1ccc2c(c1)OCO2)C(=O)C=Cc1ccccc1. The maximum Gasteiger partial charge on any atom is 0.246 e. The molecule has 118 valence electrons. The lowest BCUT2D eigenvalue weighted by Gasteiger charge is -2.19. The van der Waals surface area contributed by atoms with Crippen LogP contribution in [0.5, 0.6) is 11.5 Å². The van der Waals surface area contributed by atoms with Gasteiger partial charge in [-0.25, -0.2) is 0 Å². The summed E-state index contributed by atoms with van der Waals surface area (Å²) in [4.78, 5) is 14.2. The van der Waals surface area contributed by atoms with E-state index in [4.69, 9.17) is 9.47 Å². The highest BCUT2D eigenvalue weighted by molar-refractivity contribution is 5.91. The van der Waals surface area contributed by atoms with Gasteiger partial charge in [-0.1, -0.05) is 36.4 Å². The van der Waals surface area contributed by atoms with Crippen molar-refractivity contribution in [2.24, 2.45) is 0 Å². The van der Waals surface area contributed by atoms with Gasteiger partial charge in [0.25, 0.3) is 0 Å². The van der Waals surface area contributed by atoms with Crippen LogP contribution in [-0.4, -0.2) is 24.1 Å². The number of ether oxygens (including phenoxy) is 2. The Morgan fingerprint density at radius 2 is 1.91 bits per heavy atom. The van der Waals surface area contributed by atoms with Crippen molar-refractivity contribution in [2.45, 2.75) is 13.5 Å². The third-order valence-corrected chi connectivity index (χ3v) is 3.72. The van der Waals surface area contributed by atoms with Gasteiger partial charge in [0, 0.05) is 19.2 Å². The van der Waals surface area contributed by atoms with Crippen LogP contribution in [0, 0.1) is 0 Å². The molecule has 0 aromatic heterocycles. The van der Waals surface area contributed by atoms with Crippen LogP contribution in [0.15, 0.2) is 54.6 Å². The first-order valence-corrected chi connectivity index (χ1v) is 7.67. The van der Waals surface area contributed by atoms with Gasteiger partial charge in [0.2, 0.25) is 12.7 Å². The molecule has 2 aromatic rings. The predicted octanol–water partition coefficient (Wildman–Crippen LogP) is 3.48. The highest BCUT2D eigenvalue weighted by atomic mass is 16.7. The molecular weight excluding hydrogens is 290 g/mol. The van der Waals surface area contributed by atoms with Crippen LogP contribution in [0.1, 0.15) is 18.1 Å². The Balaban J connectivity index is 1.67. The molecule has 1 aliphatic rings. The van der Waals surface area contributed by atoms with E-state index in [0.29, 0.717) is 13.1 Å². The van der Waals surface area contributed by atoms with Crippen LogP contribution in [0.4, 0.5) is 0 Å². The monoisotopic (exact) mass is 309 g/mol. The molecule has 0 radical (unpaired) electrons. The van der Waals surface area contributed by atoms with Gasteiger partial charge < -0.3 is 14.4 Å².